The van der Waals surface area contributed by atoms with Gasteiger partial charge in [-0.1, -0.05) is 11.6 Å². The van der Waals surface area contributed by atoms with Crippen molar-refractivity contribution in [3.05, 3.63) is 28.8 Å². The van der Waals surface area contributed by atoms with Gasteiger partial charge in [-0.25, -0.2) is 0 Å². The van der Waals surface area contributed by atoms with Crippen LogP contribution in [-0.4, -0.2) is 11.7 Å². The Bertz CT molecular complexity index is 291. The highest BCUT2D eigenvalue weighted by atomic mass is 35.5. The SMILES string of the molecule is OCc1cc(Cl)cc(OC(F)F)c1. The number of aliphatic hydroxyl groups is 1. The van der Waals surface area contributed by atoms with Gasteiger partial charge in [0.2, 0.25) is 0 Å². The summed E-state index contributed by atoms with van der Waals surface area (Å²) in [7, 11) is 0. The molecule has 1 rings (SSSR count). The molecule has 0 heterocycles. The molecule has 0 saturated heterocycles. The highest BCUT2D eigenvalue weighted by Crippen LogP contribution is 2.22. The Morgan fingerprint density at radius 1 is 1.38 bits per heavy atom. The lowest BCUT2D eigenvalue weighted by atomic mass is 10.2. The van der Waals surface area contributed by atoms with Crippen LogP contribution in [0.4, 0.5) is 8.78 Å². The Labute approximate surface area is 78.7 Å². The molecule has 0 amide bonds. The van der Waals surface area contributed by atoms with Gasteiger partial charge in [0.25, 0.3) is 0 Å². The molecular weight excluding hydrogens is 202 g/mol. The lowest BCUT2D eigenvalue weighted by Gasteiger charge is -2.06. The van der Waals surface area contributed by atoms with E-state index in [1.807, 2.05) is 0 Å². The average Bonchev–Trinajstić information content (AvgIpc) is 2.01. The zero-order chi connectivity index (χ0) is 9.84. The summed E-state index contributed by atoms with van der Waals surface area (Å²) >= 11 is 5.58. The summed E-state index contributed by atoms with van der Waals surface area (Å²) in [6.45, 7) is -3.15. The third-order valence-electron chi connectivity index (χ3n) is 1.34. The van der Waals surface area contributed by atoms with E-state index in [0.717, 1.165) is 0 Å². The summed E-state index contributed by atoms with van der Waals surface area (Å²) in [6, 6.07) is 4.03. The highest BCUT2D eigenvalue weighted by Gasteiger charge is 2.06. The second kappa shape index (κ2) is 4.39. The van der Waals surface area contributed by atoms with Crippen molar-refractivity contribution in [2.24, 2.45) is 0 Å². The maximum absolute atomic E-state index is 11.8. The van der Waals surface area contributed by atoms with Gasteiger partial charge in [-0.15, -0.1) is 0 Å². The molecule has 0 aliphatic carbocycles. The molecule has 5 heteroatoms. The van der Waals surface area contributed by atoms with Crippen molar-refractivity contribution < 1.29 is 18.6 Å². The Balaban J connectivity index is 2.88. The van der Waals surface area contributed by atoms with Crippen molar-refractivity contribution in [1.29, 1.82) is 0 Å². The van der Waals surface area contributed by atoms with E-state index in [1.54, 1.807) is 0 Å². The van der Waals surface area contributed by atoms with Gasteiger partial charge in [0.15, 0.2) is 0 Å². The first kappa shape index (κ1) is 10.2. The fraction of sp³-hybridized carbons (Fsp3) is 0.250. The topological polar surface area (TPSA) is 29.5 Å². The van der Waals surface area contributed by atoms with Gasteiger partial charge in [0.05, 0.1) is 6.61 Å². The van der Waals surface area contributed by atoms with Crippen molar-refractivity contribution in [1.82, 2.24) is 0 Å². The van der Waals surface area contributed by atoms with Crippen LogP contribution in [0.15, 0.2) is 18.2 Å². The molecule has 0 saturated carbocycles. The van der Waals surface area contributed by atoms with E-state index in [9.17, 15) is 8.78 Å². The maximum atomic E-state index is 11.8. The van der Waals surface area contributed by atoms with Crippen molar-refractivity contribution in [3.63, 3.8) is 0 Å². The van der Waals surface area contributed by atoms with Crippen molar-refractivity contribution >= 4 is 11.6 Å². The quantitative estimate of drug-likeness (QED) is 0.827. The van der Waals surface area contributed by atoms with Crippen LogP contribution >= 0.6 is 11.6 Å². The first-order chi connectivity index (χ1) is 6.11. The van der Waals surface area contributed by atoms with E-state index in [-0.39, 0.29) is 17.4 Å². The molecule has 2 nitrogen and oxygen atoms in total. The second-order valence-electron chi connectivity index (χ2n) is 2.33. The molecule has 0 fully saturated rings. The van der Waals surface area contributed by atoms with E-state index < -0.39 is 6.61 Å². The smallest absolute Gasteiger partial charge is 0.387 e. The Morgan fingerprint density at radius 3 is 2.62 bits per heavy atom. The van der Waals surface area contributed by atoms with E-state index in [0.29, 0.717) is 5.56 Å². The first-order valence-corrected chi connectivity index (χ1v) is 3.85. The van der Waals surface area contributed by atoms with Gasteiger partial charge in [-0.3, -0.25) is 0 Å². The molecule has 1 N–H and O–H groups in total. The molecule has 1 aromatic rings. The van der Waals surface area contributed by atoms with Gasteiger partial charge in [0.1, 0.15) is 5.75 Å². The molecule has 0 unspecified atom stereocenters. The number of aliphatic hydroxyl groups excluding tert-OH is 1. The maximum Gasteiger partial charge on any atom is 0.387 e. The number of rotatable bonds is 3. The molecule has 0 aliphatic rings. The third kappa shape index (κ3) is 3.16. The summed E-state index contributed by atoms with van der Waals surface area (Å²) < 4.78 is 27.6. The number of halogens is 3. The van der Waals surface area contributed by atoms with Crippen LogP contribution in [0.2, 0.25) is 5.02 Å². The van der Waals surface area contributed by atoms with Crippen LogP contribution in [0.5, 0.6) is 5.75 Å². The molecule has 0 bridgehead atoms. The minimum absolute atomic E-state index is 0.0495. The van der Waals surface area contributed by atoms with Gasteiger partial charge in [0, 0.05) is 5.02 Å². The van der Waals surface area contributed by atoms with Crippen LogP contribution in [0.3, 0.4) is 0 Å². The average molecular weight is 209 g/mol. The van der Waals surface area contributed by atoms with E-state index in [1.165, 1.54) is 18.2 Å². The van der Waals surface area contributed by atoms with E-state index in [4.69, 9.17) is 16.7 Å². The third-order valence-corrected chi connectivity index (χ3v) is 1.56. The summed E-state index contributed by atoms with van der Waals surface area (Å²) in [6.07, 6.45) is 0. The molecule has 0 aromatic heterocycles. The van der Waals surface area contributed by atoms with Gasteiger partial charge in [-0.05, 0) is 23.8 Å². The number of hydrogen-bond acceptors (Lipinski definition) is 2. The first-order valence-electron chi connectivity index (χ1n) is 3.47. The minimum Gasteiger partial charge on any atom is -0.435 e. The number of benzene rings is 1. The minimum atomic E-state index is -2.88. The van der Waals surface area contributed by atoms with Crippen LogP contribution < -0.4 is 4.74 Å². The zero-order valence-electron chi connectivity index (χ0n) is 6.51. The number of hydrogen-bond donors (Lipinski definition) is 1. The summed E-state index contributed by atoms with van der Waals surface area (Å²) in [5.74, 6) is -0.0495. The fourth-order valence-corrected chi connectivity index (χ4v) is 1.13. The van der Waals surface area contributed by atoms with E-state index >= 15 is 0 Å². The lowest BCUT2D eigenvalue weighted by Crippen LogP contribution is -2.02. The molecule has 72 valence electrons. The molecular formula is C8H7ClF2O2. The Morgan fingerprint density at radius 2 is 2.08 bits per heavy atom. The van der Waals surface area contributed by atoms with Gasteiger partial charge in [-0.2, -0.15) is 8.78 Å². The number of alkyl halides is 2. The zero-order valence-corrected chi connectivity index (χ0v) is 7.26. The molecule has 0 radical (unpaired) electrons. The standard InChI is InChI=1S/C8H7ClF2O2/c9-6-1-5(4-12)2-7(3-6)13-8(10)11/h1-3,8,12H,4H2. The van der Waals surface area contributed by atoms with Crippen molar-refractivity contribution in [3.8, 4) is 5.75 Å². The fourth-order valence-electron chi connectivity index (χ4n) is 0.883. The summed E-state index contributed by atoms with van der Waals surface area (Å²) in [4.78, 5) is 0. The number of ether oxygens (including phenoxy) is 1. The second-order valence-corrected chi connectivity index (χ2v) is 2.77. The van der Waals surface area contributed by atoms with Crippen LogP contribution in [0.1, 0.15) is 5.56 Å². The lowest BCUT2D eigenvalue weighted by molar-refractivity contribution is -0.0499. The molecule has 0 spiro atoms. The largest absolute Gasteiger partial charge is 0.435 e. The van der Waals surface area contributed by atoms with Crippen LogP contribution in [0, 0.1) is 0 Å². The normalized spacial score (nSPS) is 10.5. The van der Waals surface area contributed by atoms with Gasteiger partial charge >= 0.3 is 6.61 Å². The van der Waals surface area contributed by atoms with Crippen molar-refractivity contribution in [2.45, 2.75) is 13.2 Å². The molecule has 1 aromatic carbocycles. The Kier molecular flexibility index (Phi) is 3.45. The predicted molar refractivity (Wildman–Crippen MR) is 44.0 cm³/mol. The summed E-state index contributed by atoms with van der Waals surface area (Å²) in [5.41, 5.74) is 0.433. The van der Waals surface area contributed by atoms with E-state index in [2.05, 4.69) is 4.74 Å². The molecule has 13 heavy (non-hydrogen) atoms. The van der Waals surface area contributed by atoms with Crippen LogP contribution in [0.25, 0.3) is 0 Å². The predicted octanol–water partition coefficient (Wildman–Crippen LogP) is 2.43. The summed E-state index contributed by atoms with van der Waals surface area (Å²) in [5, 5.41) is 8.97. The molecule has 0 aliphatic heterocycles. The molecule has 0 atom stereocenters. The Hall–Kier alpha value is -0.870. The van der Waals surface area contributed by atoms with Crippen LogP contribution in [-0.2, 0) is 6.61 Å². The van der Waals surface area contributed by atoms with Gasteiger partial charge < -0.3 is 9.84 Å². The van der Waals surface area contributed by atoms with Crippen molar-refractivity contribution in [2.75, 3.05) is 0 Å². The monoisotopic (exact) mass is 208 g/mol. The highest BCUT2D eigenvalue weighted by molar-refractivity contribution is 6.30.